The maximum atomic E-state index is 5.43. The molecule has 0 N–H and O–H groups in total. The van der Waals surface area contributed by atoms with Crippen molar-refractivity contribution in [1.29, 1.82) is 0 Å². The number of rotatable bonds is 6. The Kier molecular flexibility index (Phi) is 5.53. The normalized spacial score (nSPS) is 10.9. The van der Waals surface area contributed by atoms with E-state index in [1.165, 1.54) is 39.1 Å². The zero-order chi connectivity index (χ0) is 20.2. The van der Waals surface area contributed by atoms with Crippen LogP contribution in [0.3, 0.4) is 0 Å². The summed E-state index contributed by atoms with van der Waals surface area (Å²) in [7, 11) is 1.72. The lowest BCUT2D eigenvalue weighted by Crippen LogP contribution is -1.96. The highest BCUT2D eigenvalue weighted by atomic mass is 16.5. The molecule has 2 nitrogen and oxygen atoms in total. The molecular weight excluding hydrogens is 354 g/mol. The van der Waals surface area contributed by atoms with Crippen LogP contribution in [-0.4, -0.2) is 11.7 Å². The first-order chi connectivity index (χ1) is 14.2. The smallest absolute Gasteiger partial charge is 0.119 e. The molecule has 0 aliphatic rings. The fourth-order valence-electron chi connectivity index (χ4n) is 3.95. The molecule has 0 aliphatic carbocycles. The van der Waals surface area contributed by atoms with E-state index >= 15 is 0 Å². The van der Waals surface area contributed by atoms with Crippen molar-refractivity contribution in [1.82, 2.24) is 4.57 Å². The number of nitrogens with zero attached hydrogens (tertiary/aromatic N) is 1. The molecule has 0 saturated heterocycles. The van der Waals surface area contributed by atoms with Crippen molar-refractivity contribution in [3.8, 4) is 28.1 Å². The van der Waals surface area contributed by atoms with E-state index in [0.717, 1.165) is 18.7 Å². The number of aromatic nitrogens is 1. The zero-order valence-electron chi connectivity index (χ0n) is 17.4. The summed E-state index contributed by atoms with van der Waals surface area (Å²) in [5, 5.41) is 0. The van der Waals surface area contributed by atoms with Crippen LogP contribution in [0.15, 0.2) is 85.1 Å². The first kappa shape index (κ1) is 19.1. The standard InChI is InChI=1S/C27H27NO/c1-4-28-19-24(17-21-9-8-12-25(18-21)29-3)26(22-10-6-5-7-11-22)27(28)23-15-13-20(2)14-16-23/h5-16,18-19H,4,17H2,1-3H3. The largest absolute Gasteiger partial charge is 0.497 e. The second kappa shape index (κ2) is 8.40. The molecule has 0 atom stereocenters. The number of benzene rings is 3. The van der Waals surface area contributed by atoms with Gasteiger partial charge in [-0.1, -0.05) is 72.3 Å². The van der Waals surface area contributed by atoms with Crippen molar-refractivity contribution in [2.24, 2.45) is 0 Å². The number of methoxy groups -OCH3 is 1. The van der Waals surface area contributed by atoms with Crippen molar-refractivity contribution in [3.05, 3.63) is 102 Å². The van der Waals surface area contributed by atoms with Gasteiger partial charge in [-0.25, -0.2) is 0 Å². The van der Waals surface area contributed by atoms with Crippen molar-refractivity contribution in [2.75, 3.05) is 7.11 Å². The van der Waals surface area contributed by atoms with E-state index < -0.39 is 0 Å². The van der Waals surface area contributed by atoms with Gasteiger partial charge in [-0.05, 0) is 54.7 Å². The van der Waals surface area contributed by atoms with Crippen LogP contribution in [0, 0.1) is 6.92 Å². The molecule has 4 rings (SSSR count). The Morgan fingerprint density at radius 1 is 0.828 bits per heavy atom. The lowest BCUT2D eigenvalue weighted by atomic mass is 9.94. The SMILES string of the molecule is CCn1cc(Cc2cccc(OC)c2)c(-c2ccccc2)c1-c1ccc(C)cc1. The van der Waals surface area contributed by atoms with Crippen LogP contribution in [0.5, 0.6) is 5.75 Å². The summed E-state index contributed by atoms with van der Waals surface area (Å²) >= 11 is 0. The minimum absolute atomic E-state index is 0.868. The van der Waals surface area contributed by atoms with Crippen LogP contribution in [0.2, 0.25) is 0 Å². The average molecular weight is 382 g/mol. The first-order valence-corrected chi connectivity index (χ1v) is 10.2. The summed E-state index contributed by atoms with van der Waals surface area (Å²) < 4.78 is 7.81. The maximum Gasteiger partial charge on any atom is 0.119 e. The summed E-state index contributed by atoms with van der Waals surface area (Å²) in [5.74, 6) is 0.900. The monoisotopic (exact) mass is 381 g/mol. The number of hydrogen-bond acceptors (Lipinski definition) is 1. The van der Waals surface area contributed by atoms with Crippen LogP contribution in [0.25, 0.3) is 22.4 Å². The molecule has 2 heteroatoms. The van der Waals surface area contributed by atoms with Crippen LogP contribution >= 0.6 is 0 Å². The van der Waals surface area contributed by atoms with Crippen molar-refractivity contribution >= 4 is 0 Å². The lowest BCUT2D eigenvalue weighted by molar-refractivity contribution is 0.414. The van der Waals surface area contributed by atoms with Crippen LogP contribution in [-0.2, 0) is 13.0 Å². The molecule has 29 heavy (non-hydrogen) atoms. The van der Waals surface area contributed by atoms with E-state index in [-0.39, 0.29) is 0 Å². The highest BCUT2D eigenvalue weighted by Gasteiger charge is 2.18. The van der Waals surface area contributed by atoms with Gasteiger partial charge >= 0.3 is 0 Å². The third-order valence-corrected chi connectivity index (χ3v) is 5.41. The Labute approximate surface area is 173 Å². The van der Waals surface area contributed by atoms with Gasteiger partial charge in [-0.15, -0.1) is 0 Å². The summed E-state index contributed by atoms with van der Waals surface area (Å²) in [6.45, 7) is 5.28. The van der Waals surface area contributed by atoms with Crippen molar-refractivity contribution in [3.63, 3.8) is 0 Å². The minimum Gasteiger partial charge on any atom is -0.497 e. The Bertz CT molecular complexity index is 1090. The van der Waals surface area contributed by atoms with E-state index in [9.17, 15) is 0 Å². The zero-order valence-corrected chi connectivity index (χ0v) is 17.4. The van der Waals surface area contributed by atoms with E-state index in [1.54, 1.807) is 7.11 Å². The Morgan fingerprint density at radius 2 is 1.59 bits per heavy atom. The Morgan fingerprint density at radius 3 is 2.28 bits per heavy atom. The van der Waals surface area contributed by atoms with Gasteiger partial charge in [0.15, 0.2) is 0 Å². The molecule has 0 spiro atoms. The molecule has 0 saturated carbocycles. The summed E-state index contributed by atoms with van der Waals surface area (Å²) in [4.78, 5) is 0. The van der Waals surface area contributed by atoms with E-state index in [2.05, 4.69) is 97.4 Å². The molecule has 0 unspecified atom stereocenters. The molecule has 4 aromatic rings. The third-order valence-electron chi connectivity index (χ3n) is 5.41. The van der Waals surface area contributed by atoms with Crippen LogP contribution in [0.1, 0.15) is 23.6 Å². The molecule has 0 fully saturated rings. The fourth-order valence-corrected chi connectivity index (χ4v) is 3.95. The van der Waals surface area contributed by atoms with Gasteiger partial charge in [-0.2, -0.15) is 0 Å². The molecule has 0 radical (unpaired) electrons. The van der Waals surface area contributed by atoms with Crippen LogP contribution in [0.4, 0.5) is 0 Å². The summed E-state index contributed by atoms with van der Waals surface area (Å²) in [5.41, 5.74) is 8.99. The minimum atomic E-state index is 0.868. The molecule has 0 aliphatic heterocycles. The highest BCUT2D eigenvalue weighted by molar-refractivity contribution is 5.85. The van der Waals surface area contributed by atoms with Gasteiger partial charge < -0.3 is 9.30 Å². The third kappa shape index (κ3) is 3.97. The molecule has 0 bridgehead atoms. The topological polar surface area (TPSA) is 14.2 Å². The predicted molar refractivity (Wildman–Crippen MR) is 122 cm³/mol. The predicted octanol–water partition coefficient (Wildman–Crippen LogP) is 6.75. The molecular formula is C27H27NO. The van der Waals surface area contributed by atoms with Gasteiger partial charge in [-0.3, -0.25) is 0 Å². The van der Waals surface area contributed by atoms with Crippen LogP contribution < -0.4 is 4.74 Å². The second-order valence-corrected chi connectivity index (χ2v) is 7.42. The first-order valence-electron chi connectivity index (χ1n) is 10.2. The molecule has 1 aromatic heterocycles. The van der Waals surface area contributed by atoms with Gasteiger partial charge in [0.25, 0.3) is 0 Å². The van der Waals surface area contributed by atoms with Gasteiger partial charge in [0.05, 0.1) is 12.8 Å². The second-order valence-electron chi connectivity index (χ2n) is 7.42. The van der Waals surface area contributed by atoms with E-state index in [0.29, 0.717) is 0 Å². The van der Waals surface area contributed by atoms with Gasteiger partial charge in [0.2, 0.25) is 0 Å². The number of ether oxygens (including phenoxy) is 1. The lowest BCUT2D eigenvalue weighted by Gasteiger charge is -2.12. The number of hydrogen-bond donors (Lipinski definition) is 0. The number of aryl methyl sites for hydroxylation is 2. The molecule has 3 aromatic carbocycles. The fraction of sp³-hybridized carbons (Fsp3) is 0.185. The van der Waals surface area contributed by atoms with E-state index in [1.807, 2.05) is 6.07 Å². The summed E-state index contributed by atoms with van der Waals surface area (Å²) in [6.07, 6.45) is 3.18. The molecule has 1 heterocycles. The highest BCUT2D eigenvalue weighted by Crippen LogP contribution is 2.38. The van der Waals surface area contributed by atoms with Gasteiger partial charge in [0, 0.05) is 18.3 Å². The average Bonchev–Trinajstić information content (AvgIpc) is 3.13. The van der Waals surface area contributed by atoms with Crippen molar-refractivity contribution in [2.45, 2.75) is 26.8 Å². The summed E-state index contributed by atoms with van der Waals surface area (Å²) in [6, 6.07) is 28.0. The Hall–Kier alpha value is -3.26. The van der Waals surface area contributed by atoms with Gasteiger partial charge in [0.1, 0.15) is 5.75 Å². The van der Waals surface area contributed by atoms with E-state index in [4.69, 9.17) is 4.74 Å². The van der Waals surface area contributed by atoms with Crippen molar-refractivity contribution < 1.29 is 4.74 Å². The molecule has 0 amide bonds. The maximum absolute atomic E-state index is 5.43. The Balaban J connectivity index is 1.89. The molecule has 146 valence electrons. The quantitative estimate of drug-likeness (QED) is 0.360.